The topological polar surface area (TPSA) is 77.0 Å². The number of rotatable bonds is 11. The summed E-state index contributed by atoms with van der Waals surface area (Å²) in [7, 11) is 6.88. The van der Waals surface area contributed by atoms with Crippen LogP contribution in [0.2, 0.25) is 0 Å². The summed E-state index contributed by atoms with van der Waals surface area (Å²) in [5.74, 6) is 1.45. The summed E-state index contributed by atoms with van der Waals surface area (Å²) in [6.07, 6.45) is 5.61. The molecule has 0 saturated carbocycles. The zero-order chi connectivity index (χ0) is 26.2. The molecule has 0 radical (unpaired) electrons. The molecule has 1 amide bonds. The van der Waals surface area contributed by atoms with Crippen molar-refractivity contribution in [3.63, 3.8) is 0 Å². The highest BCUT2D eigenvalue weighted by Crippen LogP contribution is 2.38. The second kappa shape index (κ2) is 12.7. The SMILES string of the molecule is COc1cc(/C=C/C(=O)NCCn2c(CNC3CCN(C)CC3)cc3ccccc32)cc(OC)c1OC. The molecule has 1 aromatic heterocycles. The van der Waals surface area contributed by atoms with E-state index in [0.717, 1.165) is 25.2 Å². The van der Waals surface area contributed by atoms with Gasteiger partial charge in [-0.2, -0.15) is 0 Å². The fraction of sp³-hybridized carbons (Fsp3) is 0.414. The van der Waals surface area contributed by atoms with Crippen LogP contribution < -0.4 is 24.8 Å². The predicted molar refractivity (Wildman–Crippen MR) is 147 cm³/mol. The molecule has 2 heterocycles. The molecule has 37 heavy (non-hydrogen) atoms. The standard InChI is InChI=1S/C29H38N4O4/c1-32-14-11-23(12-15-32)31-20-24-19-22-7-5-6-8-25(22)33(24)16-13-30-28(34)10-9-21-17-26(35-2)29(37-4)27(18-21)36-3/h5-10,17-19,23,31H,11-16,20H2,1-4H3,(H,30,34)/b10-9+. The van der Waals surface area contributed by atoms with Crippen molar-refractivity contribution in [3.8, 4) is 17.2 Å². The molecular weight excluding hydrogens is 468 g/mol. The normalized spacial score (nSPS) is 14.8. The largest absolute Gasteiger partial charge is 0.493 e. The molecule has 1 saturated heterocycles. The molecule has 1 aliphatic heterocycles. The van der Waals surface area contributed by atoms with Crippen molar-refractivity contribution in [2.75, 3.05) is 48.0 Å². The van der Waals surface area contributed by atoms with Gasteiger partial charge in [0.15, 0.2) is 11.5 Å². The van der Waals surface area contributed by atoms with Gasteiger partial charge >= 0.3 is 0 Å². The van der Waals surface area contributed by atoms with Crippen molar-refractivity contribution >= 4 is 22.9 Å². The number of fused-ring (bicyclic) bond motifs is 1. The molecule has 0 atom stereocenters. The Morgan fingerprint density at radius 3 is 2.41 bits per heavy atom. The van der Waals surface area contributed by atoms with E-state index in [9.17, 15) is 4.79 Å². The number of benzene rings is 2. The maximum absolute atomic E-state index is 12.6. The summed E-state index contributed by atoms with van der Waals surface area (Å²) < 4.78 is 18.5. The number of carbonyl (C=O) groups is 1. The summed E-state index contributed by atoms with van der Waals surface area (Å²) >= 11 is 0. The highest BCUT2D eigenvalue weighted by molar-refractivity contribution is 5.92. The summed E-state index contributed by atoms with van der Waals surface area (Å²) in [6, 6.07) is 14.8. The molecule has 0 unspecified atom stereocenters. The van der Waals surface area contributed by atoms with Gasteiger partial charge in [0.2, 0.25) is 11.7 Å². The van der Waals surface area contributed by atoms with Gasteiger partial charge < -0.3 is 34.3 Å². The van der Waals surface area contributed by atoms with Crippen molar-refractivity contribution in [2.45, 2.75) is 32.0 Å². The molecular formula is C29H38N4O4. The first-order chi connectivity index (χ1) is 18.0. The summed E-state index contributed by atoms with van der Waals surface area (Å²) in [5.41, 5.74) is 3.20. The van der Waals surface area contributed by atoms with Crippen molar-refractivity contribution in [3.05, 3.63) is 59.8 Å². The van der Waals surface area contributed by atoms with Crippen LogP contribution in [0.3, 0.4) is 0 Å². The average molecular weight is 507 g/mol. The third kappa shape index (κ3) is 6.64. The molecule has 0 spiro atoms. The van der Waals surface area contributed by atoms with E-state index in [1.165, 1.54) is 35.5 Å². The quantitative estimate of drug-likeness (QED) is 0.387. The smallest absolute Gasteiger partial charge is 0.244 e. The minimum Gasteiger partial charge on any atom is -0.493 e. The first-order valence-corrected chi connectivity index (χ1v) is 12.8. The number of hydrogen-bond donors (Lipinski definition) is 2. The highest BCUT2D eigenvalue weighted by atomic mass is 16.5. The van der Waals surface area contributed by atoms with Gasteiger partial charge in [0.05, 0.1) is 21.3 Å². The second-order valence-corrected chi connectivity index (χ2v) is 9.39. The lowest BCUT2D eigenvalue weighted by Gasteiger charge is -2.29. The lowest BCUT2D eigenvalue weighted by atomic mass is 10.1. The molecule has 3 aromatic rings. The number of carbonyl (C=O) groups excluding carboxylic acids is 1. The minimum absolute atomic E-state index is 0.156. The second-order valence-electron chi connectivity index (χ2n) is 9.39. The predicted octanol–water partition coefficient (Wildman–Crippen LogP) is 3.68. The van der Waals surface area contributed by atoms with Gasteiger partial charge in [-0.3, -0.25) is 4.79 Å². The third-order valence-electron chi connectivity index (χ3n) is 6.94. The van der Waals surface area contributed by atoms with Crippen molar-refractivity contribution < 1.29 is 19.0 Å². The zero-order valence-corrected chi connectivity index (χ0v) is 22.3. The van der Waals surface area contributed by atoms with Crippen LogP contribution in [0.15, 0.2) is 48.5 Å². The van der Waals surface area contributed by atoms with E-state index in [2.05, 4.69) is 57.5 Å². The van der Waals surface area contributed by atoms with Crippen LogP contribution in [0.5, 0.6) is 17.2 Å². The fourth-order valence-corrected chi connectivity index (χ4v) is 4.86. The van der Waals surface area contributed by atoms with Crippen LogP contribution in [0, 0.1) is 0 Å². The number of methoxy groups -OCH3 is 3. The Hall–Kier alpha value is -3.49. The number of ether oxygens (including phenoxy) is 3. The highest BCUT2D eigenvalue weighted by Gasteiger charge is 2.17. The Morgan fingerprint density at radius 1 is 1.03 bits per heavy atom. The molecule has 2 N–H and O–H groups in total. The zero-order valence-electron chi connectivity index (χ0n) is 22.3. The Bertz CT molecular complexity index is 1200. The van der Waals surface area contributed by atoms with Crippen molar-refractivity contribution in [1.82, 2.24) is 20.1 Å². The monoisotopic (exact) mass is 506 g/mol. The number of likely N-dealkylation sites (tertiary alicyclic amines) is 1. The van der Waals surface area contributed by atoms with E-state index in [-0.39, 0.29) is 5.91 Å². The molecule has 8 nitrogen and oxygen atoms in total. The lowest BCUT2D eigenvalue weighted by molar-refractivity contribution is -0.116. The fourth-order valence-electron chi connectivity index (χ4n) is 4.86. The lowest BCUT2D eigenvalue weighted by Crippen LogP contribution is -2.40. The number of hydrogen-bond acceptors (Lipinski definition) is 6. The molecule has 1 aliphatic rings. The van der Waals surface area contributed by atoms with E-state index < -0.39 is 0 Å². The Labute approximate surface area is 219 Å². The van der Waals surface area contributed by atoms with Gasteiger partial charge in [-0.25, -0.2) is 0 Å². The van der Waals surface area contributed by atoms with Crippen molar-refractivity contribution in [2.24, 2.45) is 0 Å². The Kier molecular flexibility index (Phi) is 9.09. The molecule has 1 fully saturated rings. The van der Waals surface area contributed by atoms with E-state index in [1.807, 2.05) is 0 Å². The molecule has 0 aliphatic carbocycles. The Morgan fingerprint density at radius 2 is 1.73 bits per heavy atom. The summed E-state index contributed by atoms with van der Waals surface area (Å²) in [4.78, 5) is 15.0. The van der Waals surface area contributed by atoms with Crippen LogP contribution in [-0.2, 0) is 17.9 Å². The van der Waals surface area contributed by atoms with E-state index in [4.69, 9.17) is 14.2 Å². The first kappa shape index (κ1) is 26.6. The molecule has 0 bridgehead atoms. The minimum atomic E-state index is -0.156. The van der Waals surface area contributed by atoms with E-state index >= 15 is 0 Å². The molecule has 198 valence electrons. The van der Waals surface area contributed by atoms with E-state index in [0.29, 0.717) is 36.4 Å². The van der Waals surface area contributed by atoms with Crippen molar-refractivity contribution in [1.29, 1.82) is 0 Å². The molecule has 4 rings (SSSR count). The number of para-hydroxylation sites is 1. The maximum atomic E-state index is 12.6. The first-order valence-electron chi connectivity index (χ1n) is 12.8. The summed E-state index contributed by atoms with van der Waals surface area (Å²) in [5, 5.41) is 7.98. The van der Waals surface area contributed by atoms with Crippen LogP contribution in [0.4, 0.5) is 0 Å². The third-order valence-corrected chi connectivity index (χ3v) is 6.94. The average Bonchev–Trinajstić information content (AvgIpc) is 3.28. The van der Waals surface area contributed by atoms with Crippen LogP contribution in [0.1, 0.15) is 24.1 Å². The maximum Gasteiger partial charge on any atom is 0.244 e. The summed E-state index contributed by atoms with van der Waals surface area (Å²) in [6.45, 7) is 4.31. The van der Waals surface area contributed by atoms with E-state index in [1.54, 1.807) is 39.5 Å². The number of piperidine rings is 1. The van der Waals surface area contributed by atoms with Crippen LogP contribution >= 0.6 is 0 Å². The van der Waals surface area contributed by atoms with Gasteiger partial charge in [-0.05, 0) is 74.3 Å². The number of nitrogens with zero attached hydrogens (tertiary/aromatic N) is 2. The Balaban J connectivity index is 1.38. The van der Waals surface area contributed by atoms with Crippen LogP contribution in [0.25, 0.3) is 17.0 Å². The van der Waals surface area contributed by atoms with Gasteiger partial charge in [0.25, 0.3) is 0 Å². The van der Waals surface area contributed by atoms with Crippen LogP contribution in [-0.4, -0.2) is 69.4 Å². The van der Waals surface area contributed by atoms with Gasteiger partial charge in [-0.1, -0.05) is 18.2 Å². The number of nitrogens with one attached hydrogen (secondary N) is 2. The van der Waals surface area contributed by atoms with Gasteiger partial charge in [0, 0.05) is 43.0 Å². The number of aromatic nitrogens is 1. The van der Waals surface area contributed by atoms with Gasteiger partial charge in [-0.15, -0.1) is 0 Å². The molecule has 2 aromatic carbocycles. The molecule has 8 heteroatoms. The van der Waals surface area contributed by atoms with Gasteiger partial charge in [0.1, 0.15) is 0 Å². The number of amides is 1.